The van der Waals surface area contributed by atoms with Gasteiger partial charge in [-0.3, -0.25) is 0 Å². The first-order valence-electron chi connectivity index (χ1n) is 8.08. The van der Waals surface area contributed by atoms with Crippen molar-refractivity contribution in [2.75, 3.05) is 0 Å². The SMILES string of the molecule is OC1CCCc2cc(OCc3ccc4ccccc4n3)ccc21. The molecule has 0 radical (unpaired) electrons. The third-order valence-electron chi connectivity index (χ3n) is 4.44. The summed E-state index contributed by atoms with van der Waals surface area (Å²) in [6.45, 7) is 0.451. The van der Waals surface area contributed by atoms with Crippen molar-refractivity contribution in [3.8, 4) is 5.75 Å². The lowest BCUT2D eigenvalue weighted by Gasteiger charge is -2.21. The Kier molecular flexibility index (Phi) is 3.72. The molecule has 3 nitrogen and oxygen atoms in total. The van der Waals surface area contributed by atoms with E-state index < -0.39 is 0 Å². The summed E-state index contributed by atoms with van der Waals surface area (Å²) in [5, 5.41) is 11.1. The van der Waals surface area contributed by atoms with Gasteiger partial charge in [-0.1, -0.05) is 30.3 Å². The fourth-order valence-electron chi connectivity index (χ4n) is 3.20. The lowest BCUT2D eigenvalue weighted by Crippen LogP contribution is -2.09. The molecule has 0 bridgehead atoms. The highest BCUT2D eigenvalue weighted by Crippen LogP contribution is 2.32. The summed E-state index contributed by atoms with van der Waals surface area (Å²) in [5.74, 6) is 0.841. The number of hydrogen-bond donors (Lipinski definition) is 1. The third-order valence-corrected chi connectivity index (χ3v) is 4.44. The van der Waals surface area contributed by atoms with Crippen LogP contribution in [0.5, 0.6) is 5.75 Å². The van der Waals surface area contributed by atoms with E-state index in [1.165, 1.54) is 5.56 Å². The van der Waals surface area contributed by atoms with Gasteiger partial charge in [0.25, 0.3) is 0 Å². The van der Waals surface area contributed by atoms with Crippen molar-refractivity contribution < 1.29 is 9.84 Å². The van der Waals surface area contributed by atoms with E-state index in [0.717, 1.165) is 47.2 Å². The Labute approximate surface area is 135 Å². The van der Waals surface area contributed by atoms with Gasteiger partial charge >= 0.3 is 0 Å². The highest BCUT2D eigenvalue weighted by molar-refractivity contribution is 5.78. The van der Waals surface area contributed by atoms with E-state index in [0.29, 0.717) is 6.61 Å². The van der Waals surface area contributed by atoms with Crippen LogP contribution in [0, 0.1) is 0 Å². The molecule has 0 saturated heterocycles. The number of aliphatic hydroxyl groups excluding tert-OH is 1. The van der Waals surface area contributed by atoms with E-state index in [2.05, 4.69) is 23.2 Å². The molecule has 3 heteroatoms. The molecule has 1 aliphatic rings. The van der Waals surface area contributed by atoms with Gasteiger partial charge in [-0.05, 0) is 54.7 Å². The van der Waals surface area contributed by atoms with Crippen molar-refractivity contribution in [3.63, 3.8) is 0 Å². The molecule has 1 unspecified atom stereocenters. The largest absolute Gasteiger partial charge is 0.487 e. The summed E-state index contributed by atoms with van der Waals surface area (Å²) in [4.78, 5) is 4.62. The van der Waals surface area contributed by atoms with Gasteiger partial charge in [-0.25, -0.2) is 4.98 Å². The molecule has 0 amide bonds. The minimum Gasteiger partial charge on any atom is -0.487 e. The van der Waals surface area contributed by atoms with Crippen LogP contribution in [0.4, 0.5) is 0 Å². The molecule has 0 aliphatic heterocycles. The lowest BCUT2D eigenvalue weighted by atomic mass is 9.89. The number of ether oxygens (including phenoxy) is 1. The number of hydrogen-bond acceptors (Lipinski definition) is 3. The zero-order chi connectivity index (χ0) is 15.6. The van der Waals surface area contributed by atoms with Gasteiger partial charge in [0.1, 0.15) is 12.4 Å². The van der Waals surface area contributed by atoms with Crippen molar-refractivity contribution in [2.45, 2.75) is 32.0 Å². The molecule has 1 aromatic heterocycles. The van der Waals surface area contributed by atoms with Gasteiger partial charge in [-0.2, -0.15) is 0 Å². The smallest absolute Gasteiger partial charge is 0.130 e. The van der Waals surface area contributed by atoms with Crippen LogP contribution >= 0.6 is 0 Å². The Morgan fingerprint density at radius 2 is 2.00 bits per heavy atom. The van der Waals surface area contributed by atoms with Gasteiger partial charge in [0.2, 0.25) is 0 Å². The van der Waals surface area contributed by atoms with Gasteiger partial charge in [0.15, 0.2) is 0 Å². The van der Waals surface area contributed by atoms with E-state index in [1.807, 2.05) is 36.4 Å². The number of fused-ring (bicyclic) bond motifs is 2. The fourth-order valence-corrected chi connectivity index (χ4v) is 3.20. The average molecular weight is 305 g/mol. The van der Waals surface area contributed by atoms with E-state index in [-0.39, 0.29) is 6.10 Å². The highest BCUT2D eigenvalue weighted by atomic mass is 16.5. The van der Waals surface area contributed by atoms with Crippen molar-refractivity contribution in [1.29, 1.82) is 0 Å². The summed E-state index contributed by atoms with van der Waals surface area (Å²) < 4.78 is 5.90. The predicted octanol–water partition coefficient (Wildman–Crippen LogP) is 4.18. The molecule has 1 heterocycles. The molecule has 116 valence electrons. The van der Waals surface area contributed by atoms with Crippen LogP contribution in [-0.4, -0.2) is 10.1 Å². The Morgan fingerprint density at radius 1 is 1.09 bits per heavy atom. The molecule has 2 aromatic carbocycles. The summed E-state index contributed by atoms with van der Waals surface area (Å²) >= 11 is 0. The summed E-state index contributed by atoms with van der Waals surface area (Å²) in [7, 11) is 0. The first-order chi connectivity index (χ1) is 11.3. The summed E-state index contributed by atoms with van der Waals surface area (Å²) in [6.07, 6.45) is 2.57. The highest BCUT2D eigenvalue weighted by Gasteiger charge is 2.18. The van der Waals surface area contributed by atoms with E-state index in [9.17, 15) is 5.11 Å². The zero-order valence-corrected chi connectivity index (χ0v) is 12.9. The molecule has 1 aliphatic carbocycles. The molecule has 1 N–H and O–H groups in total. The van der Waals surface area contributed by atoms with Gasteiger partial charge in [0, 0.05) is 5.39 Å². The van der Waals surface area contributed by atoms with Crippen LogP contribution in [0.1, 0.15) is 35.8 Å². The Morgan fingerprint density at radius 3 is 2.96 bits per heavy atom. The normalized spacial score (nSPS) is 17.0. The van der Waals surface area contributed by atoms with Crippen LogP contribution in [0.25, 0.3) is 10.9 Å². The number of rotatable bonds is 3. The fraction of sp³-hybridized carbons (Fsp3) is 0.250. The first kappa shape index (κ1) is 14.2. The maximum absolute atomic E-state index is 10.0. The molecule has 0 fully saturated rings. The maximum Gasteiger partial charge on any atom is 0.130 e. The topological polar surface area (TPSA) is 42.4 Å². The zero-order valence-electron chi connectivity index (χ0n) is 12.9. The molecule has 0 spiro atoms. The summed E-state index contributed by atoms with van der Waals surface area (Å²) in [6, 6.07) is 18.1. The minimum atomic E-state index is -0.324. The van der Waals surface area contributed by atoms with Gasteiger partial charge < -0.3 is 9.84 Å². The molecular weight excluding hydrogens is 286 g/mol. The van der Waals surface area contributed by atoms with E-state index in [1.54, 1.807) is 0 Å². The molecule has 3 aromatic rings. The van der Waals surface area contributed by atoms with Crippen LogP contribution in [0.2, 0.25) is 0 Å². The number of aliphatic hydroxyl groups is 1. The first-order valence-corrected chi connectivity index (χ1v) is 8.08. The van der Waals surface area contributed by atoms with Crippen LogP contribution in [0.3, 0.4) is 0 Å². The number of nitrogens with zero attached hydrogens (tertiary/aromatic N) is 1. The Balaban J connectivity index is 1.51. The lowest BCUT2D eigenvalue weighted by molar-refractivity contribution is 0.156. The third kappa shape index (κ3) is 2.92. The number of pyridine rings is 1. The molecular formula is C20H19NO2. The molecule has 4 rings (SSSR count). The van der Waals surface area contributed by atoms with Crippen molar-refractivity contribution in [3.05, 3.63) is 71.4 Å². The standard InChI is InChI=1S/C20H19NO2/c22-20-7-3-5-15-12-17(10-11-18(15)20)23-13-16-9-8-14-4-1-2-6-19(14)21-16/h1-2,4,6,8-12,20,22H,3,5,7,13H2. The number of aryl methyl sites for hydroxylation is 1. The van der Waals surface area contributed by atoms with E-state index in [4.69, 9.17) is 4.74 Å². The number of benzene rings is 2. The molecule has 0 saturated carbocycles. The van der Waals surface area contributed by atoms with Crippen LogP contribution < -0.4 is 4.74 Å². The second-order valence-electron chi connectivity index (χ2n) is 6.05. The Hall–Kier alpha value is -2.39. The van der Waals surface area contributed by atoms with E-state index >= 15 is 0 Å². The predicted molar refractivity (Wildman–Crippen MR) is 90.4 cm³/mol. The van der Waals surface area contributed by atoms with Crippen molar-refractivity contribution in [2.24, 2.45) is 0 Å². The second kappa shape index (κ2) is 6.01. The number of aromatic nitrogens is 1. The maximum atomic E-state index is 10.0. The second-order valence-corrected chi connectivity index (χ2v) is 6.05. The van der Waals surface area contributed by atoms with Crippen LogP contribution in [-0.2, 0) is 13.0 Å². The molecule has 1 atom stereocenters. The molecule has 23 heavy (non-hydrogen) atoms. The van der Waals surface area contributed by atoms with Crippen molar-refractivity contribution >= 4 is 10.9 Å². The van der Waals surface area contributed by atoms with Gasteiger partial charge in [-0.15, -0.1) is 0 Å². The Bertz CT molecular complexity index is 844. The van der Waals surface area contributed by atoms with Crippen molar-refractivity contribution in [1.82, 2.24) is 4.98 Å². The monoisotopic (exact) mass is 305 g/mol. The van der Waals surface area contributed by atoms with Gasteiger partial charge in [0.05, 0.1) is 17.3 Å². The number of para-hydroxylation sites is 1. The van der Waals surface area contributed by atoms with Crippen LogP contribution in [0.15, 0.2) is 54.6 Å². The quantitative estimate of drug-likeness (QED) is 0.789. The summed E-state index contributed by atoms with van der Waals surface area (Å²) in [5.41, 5.74) is 4.16. The average Bonchev–Trinajstić information content (AvgIpc) is 2.60. The minimum absolute atomic E-state index is 0.324.